The number of rotatable bonds is 12. The number of ether oxygens (including phenoxy) is 3. The number of hydrogen-bond acceptors (Lipinski definition) is 6. The third-order valence-electron chi connectivity index (χ3n) is 6.02. The number of amides is 1. The standard InChI is InChI=1S/C27H34N2O6/c1-4-17-35-23-8-6-21(7-9-23)28-15-14-22(19-28)29(26(30)11-12-27(31)32)16-13-20-5-10-24(33-2)25(18-20)34-3/h5-12,18,22H,4,13-17,19H2,1-3H3,(H,31,32)/b12-11+. The molecule has 0 bridgehead atoms. The van der Waals surface area contributed by atoms with E-state index in [9.17, 15) is 9.59 Å². The van der Waals surface area contributed by atoms with Crippen molar-refractivity contribution >= 4 is 17.6 Å². The van der Waals surface area contributed by atoms with Crippen molar-refractivity contribution in [3.63, 3.8) is 0 Å². The lowest BCUT2D eigenvalue weighted by Gasteiger charge is -2.29. The van der Waals surface area contributed by atoms with E-state index in [0.29, 0.717) is 37.6 Å². The van der Waals surface area contributed by atoms with E-state index in [2.05, 4.69) is 11.8 Å². The average molecular weight is 483 g/mol. The van der Waals surface area contributed by atoms with E-state index in [1.54, 1.807) is 19.1 Å². The number of carbonyl (C=O) groups is 2. The molecule has 1 saturated heterocycles. The van der Waals surface area contributed by atoms with Crippen molar-refractivity contribution in [2.45, 2.75) is 32.2 Å². The second kappa shape index (κ2) is 12.7. The molecule has 0 spiro atoms. The highest BCUT2D eigenvalue weighted by atomic mass is 16.5. The van der Waals surface area contributed by atoms with Gasteiger partial charge in [-0.2, -0.15) is 0 Å². The van der Waals surface area contributed by atoms with Gasteiger partial charge in [-0.05, 0) is 61.2 Å². The van der Waals surface area contributed by atoms with Gasteiger partial charge in [0, 0.05) is 37.5 Å². The zero-order valence-corrected chi connectivity index (χ0v) is 20.6. The first kappa shape index (κ1) is 25.9. The fourth-order valence-corrected chi connectivity index (χ4v) is 4.20. The Morgan fingerprint density at radius 1 is 1.09 bits per heavy atom. The molecule has 35 heavy (non-hydrogen) atoms. The molecule has 0 radical (unpaired) electrons. The van der Waals surface area contributed by atoms with Gasteiger partial charge in [-0.15, -0.1) is 0 Å². The molecule has 1 heterocycles. The van der Waals surface area contributed by atoms with Crippen LogP contribution < -0.4 is 19.1 Å². The lowest BCUT2D eigenvalue weighted by Crippen LogP contribution is -2.42. The number of anilines is 1. The average Bonchev–Trinajstić information content (AvgIpc) is 3.36. The number of aliphatic carboxylic acids is 1. The molecule has 0 saturated carbocycles. The molecule has 2 aromatic rings. The molecular formula is C27H34N2O6. The van der Waals surface area contributed by atoms with E-state index >= 15 is 0 Å². The molecule has 1 unspecified atom stereocenters. The van der Waals surface area contributed by atoms with E-state index in [0.717, 1.165) is 48.5 Å². The number of carboxylic acids is 1. The Hall–Kier alpha value is -3.68. The highest BCUT2D eigenvalue weighted by molar-refractivity contribution is 5.94. The first-order valence-electron chi connectivity index (χ1n) is 11.9. The van der Waals surface area contributed by atoms with Crippen LogP contribution in [0.1, 0.15) is 25.3 Å². The van der Waals surface area contributed by atoms with Gasteiger partial charge in [-0.1, -0.05) is 13.0 Å². The summed E-state index contributed by atoms with van der Waals surface area (Å²) in [5.41, 5.74) is 2.07. The summed E-state index contributed by atoms with van der Waals surface area (Å²) < 4.78 is 16.4. The lowest BCUT2D eigenvalue weighted by atomic mass is 10.1. The van der Waals surface area contributed by atoms with Crippen LogP contribution >= 0.6 is 0 Å². The molecule has 8 nitrogen and oxygen atoms in total. The second-order valence-electron chi connectivity index (χ2n) is 8.37. The van der Waals surface area contributed by atoms with Crippen LogP contribution in [0.3, 0.4) is 0 Å². The first-order valence-corrected chi connectivity index (χ1v) is 11.9. The predicted octanol–water partition coefficient (Wildman–Crippen LogP) is 3.78. The minimum Gasteiger partial charge on any atom is -0.494 e. The molecule has 1 aliphatic rings. The Bertz CT molecular complexity index is 1020. The Morgan fingerprint density at radius 2 is 1.83 bits per heavy atom. The topological polar surface area (TPSA) is 88.5 Å². The number of benzene rings is 2. The summed E-state index contributed by atoms with van der Waals surface area (Å²) in [5.74, 6) is 0.676. The van der Waals surface area contributed by atoms with Crippen LogP contribution in [0, 0.1) is 0 Å². The van der Waals surface area contributed by atoms with Gasteiger partial charge in [0.25, 0.3) is 0 Å². The molecule has 2 aromatic carbocycles. The molecule has 1 aliphatic heterocycles. The van der Waals surface area contributed by atoms with Crippen LogP contribution in [-0.2, 0) is 16.0 Å². The molecular weight excluding hydrogens is 448 g/mol. The van der Waals surface area contributed by atoms with Crippen molar-refractivity contribution in [1.82, 2.24) is 4.90 Å². The third kappa shape index (κ3) is 7.15. The van der Waals surface area contributed by atoms with Crippen LogP contribution in [0.25, 0.3) is 0 Å². The molecule has 1 atom stereocenters. The predicted molar refractivity (Wildman–Crippen MR) is 135 cm³/mol. The van der Waals surface area contributed by atoms with Gasteiger partial charge in [-0.25, -0.2) is 4.79 Å². The largest absolute Gasteiger partial charge is 0.494 e. The Labute approximate surface area is 206 Å². The quantitative estimate of drug-likeness (QED) is 0.461. The van der Waals surface area contributed by atoms with Gasteiger partial charge in [-0.3, -0.25) is 4.79 Å². The van der Waals surface area contributed by atoms with Crippen molar-refractivity contribution < 1.29 is 28.9 Å². The van der Waals surface area contributed by atoms with E-state index in [1.165, 1.54) is 0 Å². The SMILES string of the molecule is CCCOc1ccc(N2CCC(N(CCc3ccc(OC)c(OC)c3)C(=O)/C=C/C(=O)O)C2)cc1. The zero-order valence-electron chi connectivity index (χ0n) is 20.6. The van der Waals surface area contributed by atoms with Crippen molar-refractivity contribution in [1.29, 1.82) is 0 Å². The molecule has 1 N–H and O–H groups in total. The summed E-state index contributed by atoms with van der Waals surface area (Å²) in [7, 11) is 3.17. The monoisotopic (exact) mass is 482 g/mol. The maximum absolute atomic E-state index is 13.0. The van der Waals surface area contributed by atoms with Crippen LogP contribution in [0.15, 0.2) is 54.6 Å². The van der Waals surface area contributed by atoms with Gasteiger partial charge < -0.3 is 29.1 Å². The lowest BCUT2D eigenvalue weighted by molar-refractivity contribution is -0.132. The summed E-state index contributed by atoms with van der Waals surface area (Å²) in [6.07, 6.45) is 4.39. The maximum Gasteiger partial charge on any atom is 0.328 e. The minimum atomic E-state index is -1.14. The van der Waals surface area contributed by atoms with Gasteiger partial charge in [0.1, 0.15) is 5.75 Å². The maximum atomic E-state index is 13.0. The third-order valence-corrected chi connectivity index (χ3v) is 6.02. The highest BCUT2D eigenvalue weighted by Gasteiger charge is 2.30. The smallest absolute Gasteiger partial charge is 0.328 e. The van der Waals surface area contributed by atoms with Crippen molar-refractivity contribution in [3.8, 4) is 17.2 Å². The highest BCUT2D eigenvalue weighted by Crippen LogP contribution is 2.29. The molecule has 188 valence electrons. The first-order chi connectivity index (χ1) is 16.9. The summed E-state index contributed by atoms with van der Waals surface area (Å²) in [5, 5.41) is 8.99. The fraction of sp³-hybridized carbons (Fsp3) is 0.407. The van der Waals surface area contributed by atoms with Gasteiger partial charge in [0.05, 0.1) is 26.9 Å². The Balaban J connectivity index is 1.71. The zero-order chi connectivity index (χ0) is 25.2. The Kier molecular flexibility index (Phi) is 9.40. The number of nitrogens with zero attached hydrogens (tertiary/aromatic N) is 2. The fourth-order valence-electron chi connectivity index (χ4n) is 4.20. The van der Waals surface area contributed by atoms with Gasteiger partial charge in [0.15, 0.2) is 11.5 Å². The molecule has 0 aliphatic carbocycles. The number of hydrogen-bond donors (Lipinski definition) is 1. The molecule has 1 fully saturated rings. The van der Waals surface area contributed by atoms with E-state index in [-0.39, 0.29) is 11.9 Å². The van der Waals surface area contributed by atoms with E-state index in [1.807, 2.05) is 42.5 Å². The van der Waals surface area contributed by atoms with E-state index in [4.69, 9.17) is 19.3 Å². The Morgan fingerprint density at radius 3 is 2.49 bits per heavy atom. The number of carboxylic acid groups (broad SMARTS) is 1. The van der Waals surface area contributed by atoms with Crippen LogP contribution in [-0.4, -0.2) is 68.4 Å². The number of methoxy groups -OCH3 is 2. The van der Waals surface area contributed by atoms with Crippen LogP contribution in [0.5, 0.6) is 17.2 Å². The molecule has 3 rings (SSSR count). The molecule has 0 aromatic heterocycles. The summed E-state index contributed by atoms with van der Waals surface area (Å²) in [6, 6.07) is 13.7. The summed E-state index contributed by atoms with van der Waals surface area (Å²) in [4.78, 5) is 28.0. The summed E-state index contributed by atoms with van der Waals surface area (Å²) >= 11 is 0. The van der Waals surface area contributed by atoms with Crippen molar-refractivity contribution in [2.75, 3.05) is 45.4 Å². The van der Waals surface area contributed by atoms with E-state index < -0.39 is 5.97 Å². The van der Waals surface area contributed by atoms with Crippen molar-refractivity contribution in [2.24, 2.45) is 0 Å². The normalized spacial score (nSPS) is 15.3. The number of carbonyl (C=O) groups excluding carboxylic acids is 1. The minimum absolute atomic E-state index is 0.0305. The van der Waals surface area contributed by atoms with Gasteiger partial charge >= 0.3 is 5.97 Å². The molecule has 1 amide bonds. The molecule has 8 heteroatoms. The van der Waals surface area contributed by atoms with Crippen LogP contribution in [0.2, 0.25) is 0 Å². The van der Waals surface area contributed by atoms with Crippen LogP contribution in [0.4, 0.5) is 5.69 Å². The van der Waals surface area contributed by atoms with Gasteiger partial charge in [0.2, 0.25) is 5.91 Å². The summed E-state index contributed by atoms with van der Waals surface area (Å²) in [6.45, 7) is 4.70. The second-order valence-corrected chi connectivity index (χ2v) is 8.37. The van der Waals surface area contributed by atoms with Crippen molar-refractivity contribution in [3.05, 3.63) is 60.2 Å².